The largest absolute Gasteiger partial charge is 0.304 e. The highest BCUT2D eigenvalue weighted by Crippen LogP contribution is 2.17. The zero-order valence-electron chi connectivity index (χ0n) is 12.0. The number of nitrogens with zero attached hydrogens (tertiary/aromatic N) is 1. The average Bonchev–Trinajstić information content (AvgIpc) is 2.26. The maximum Gasteiger partial charge on any atom is 0.153 e. The normalized spacial score (nSPS) is 12.9. The molecule has 0 spiro atoms. The smallest absolute Gasteiger partial charge is 0.153 e. The van der Waals surface area contributed by atoms with E-state index in [-0.39, 0.29) is 0 Å². The molecule has 0 saturated carbocycles. The van der Waals surface area contributed by atoms with E-state index >= 15 is 0 Å². The van der Waals surface area contributed by atoms with Gasteiger partial charge in [0.05, 0.1) is 4.75 Å². The maximum absolute atomic E-state index is 11.7. The fourth-order valence-electron chi connectivity index (χ4n) is 1.82. The molecule has 0 atom stereocenters. The van der Waals surface area contributed by atoms with Gasteiger partial charge in [-0.25, -0.2) is 8.42 Å². The number of hydrogen-bond acceptors (Lipinski definition) is 3. The third-order valence-electron chi connectivity index (χ3n) is 3.35. The van der Waals surface area contributed by atoms with Gasteiger partial charge in [-0.1, -0.05) is 28.1 Å². The first-order chi connectivity index (χ1) is 8.62. The van der Waals surface area contributed by atoms with Crippen molar-refractivity contribution in [1.29, 1.82) is 0 Å². The molecular weight excluding hydrogens is 326 g/mol. The van der Waals surface area contributed by atoms with Crippen molar-refractivity contribution in [2.24, 2.45) is 0 Å². The van der Waals surface area contributed by atoms with Crippen molar-refractivity contribution in [3.8, 4) is 0 Å². The minimum Gasteiger partial charge on any atom is -0.304 e. The van der Waals surface area contributed by atoms with E-state index in [2.05, 4.69) is 33.0 Å². The van der Waals surface area contributed by atoms with Crippen LogP contribution >= 0.6 is 15.9 Å². The Balaban J connectivity index is 2.53. The first-order valence-corrected chi connectivity index (χ1v) is 8.93. The fourth-order valence-corrected chi connectivity index (χ4v) is 2.54. The van der Waals surface area contributed by atoms with Crippen LogP contribution in [0, 0.1) is 0 Å². The van der Waals surface area contributed by atoms with Gasteiger partial charge in [-0.05, 0) is 45.0 Å². The van der Waals surface area contributed by atoms with Crippen LogP contribution in [0.4, 0.5) is 0 Å². The number of hydrogen-bond donors (Lipinski definition) is 0. The van der Waals surface area contributed by atoms with E-state index in [9.17, 15) is 8.42 Å². The van der Waals surface area contributed by atoms with Crippen LogP contribution in [0.2, 0.25) is 0 Å². The molecule has 1 aromatic rings. The Labute approximate surface area is 125 Å². The van der Waals surface area contributed by atoms with Crippen molar-refractivity contribution in [3.63, 3.8) is 0 Å². The molecule has 0 saturated heterocycles. The van der Waals surface area contributed by atoms with E-state index < -0.39 is 14.6 Å². The van der Waals surface area contributed by atoms with Gasteiger partial charge in [0.1, 0.15) is 0 Å². The van der Waals surface area contributed by atoms with Crippen LogP contribution in [0.1, 0.15) is 19.4 Å². The predicted octanol–water partition coefficient (Wildman–Crippen LogP) is 2.75. The van der Waals surface area contributed by atoms with Gasteiger partial charge in [-0.2, -0.15) is 0 Å². The summed E-state index contributed by atoms with van der Waals surface area (Å²) >= 11 is 3.41. The Morgan fingerprint density at radius 3 is 2.21 bits per heavy atom. The molecule has 108 valence electrons. The third kappa shape index (κ3) is 5.24. The molecule has 0 aliphatic heterocycles. The van der Waals surface area contributed by atoms with Crippen LogP contribution in [0.3, 0.4) is 0 Å². The van der Waals surface area contributed by atoms with Gasteiger partial charge in [0.15, 0.2) is 9.84 Å². The number of rotatable bonds is 6. The highest BCUT2D eigenvalue weighted by Gasteiger charge is 2.31. The summed E-state index contributed by atoms with van der Waals surface area (Å²) in [5.41, 5.74) is 1.26. The molecule has 0 amide bonds. The zero-order valence-corrected chi connectivity index (χ0v) is 14.4. The molecule has 0 aliphatic rings. The fraction of sp³-hybridized carbons (Fsp3) is 0.571. The minimum absolute atomic E-state index is 0.544. The molecule has 1 aromatic carbocycles. The lowest BCUT2D eigenvalue weighted by molar-refractivity contribution is 0.307. The van der Waals surface area contributed by atoms with Crippen LogP contribution < -0.4 is 0 Å². The molecule has 0 radical (unpaired) electrons. The van der Waals surface area contributed by atoms with E-state index in [1.807, 2.05) is 19.2 Å². The highest BCUT2D eigenvalue weighted by atomic mass is 79.9. The zero-order chi connectivity index (χ0) is 14.7. The van der Waals surface area contributed by atoms with Gasteiger partial charge >= 0.3 is 0 Å². The first-order valence-electron chi connectivity index (χ1n) is 6.24. The summed E-state index contributed by atoms with van der Waals surface area (Å²) in [7, 11) is -1.07. The topological polar surface area (TPSA) is 37.4 Å². The molecule has 19 heavy (non-hydrogen) atoms. The van der Waals surface area contributed by atoms with Crippen molar-refractivity contribution < 1.29 is 8.42 Å². The molecule has 5 heteroatoms. The Kier molecular flexibility index (Phi) is 5.59. The maximum atomic E-state index is 11.7. The van der Waals surface area contributed by atoms with Gasteiger partial charge in [0, 0.05) is 23.8 Å². The van der Waals surface area contributed by atoms with Crippen LogP contribution in [-0.4, -0.2) is 44.5 Å². The lowest BCUT2D eigenvalue weighted by atomic mass is 10.1. The van der Waals surface area contributed by atoms with E-state index in [1.54, 1.807) is 13.8 Å². The summed E-state index contributed by atoms with van der Waals surface area (Å²) in [6.07, 6.45) is 2.22. The second kappa shape index (κ2) is 6.37. The predicted molar refractivity (Wildman–Crippen MR) is 84.3 cm³/mol. The lowest BCUT2D eigenvalue weighted by Gasteiger charge is -2.28. The minimum atomic E-state index is -3.03. The van der Waals surface area contributed by atoms with Crippen molar-refractivity contribution in [3.05, 3.63) is 34.3 Å². The molecule has 0 N–H and O–H groups in total. The summed E-state index contributed by atoms with van der Waals surface area (Å²) in [6, 6.07) is 8.21. The van der Waals surface area contributed by atoms with E-state index in [0.29, 0.717) is 6.54 Å². The van der Waals surface area contributed by atoms with E-state index in [4.69, 9.17) is 0 Å². The molecule has 1 rings (SSSR count). The molecular formula is C14H22BrNO2S. The van der Waals surface area contributed by atoms with Crippen LogP contribution in [-0.2, 0) is 16.3 Å². The third-order valence-corrected chi connectivity index (χ3v) is 6.02. The summed E-state index contributed by atoms with van der Waals surface area (Å²) in [6.45, 7) is 4.94. The number of benzene rings is 1. The van der Waals surface area contributed by atoms with Gasteiger partial charge in [-0.15, -0.1) is 0 Å². The van der Waals surface area contributed by atoms with Gasteiger partial charge in [0.2, 0.25) is 0 Å². The van der Waals surface area contributed by atoms with Crippen LogP contribution in [0.5, 0.6) is 0 Å². The van der Waals surface area contributed by atoms with Crippen molar-refractivity contribution >= 4 is 25.8 Å². The van der Waals surface area contributed by atoms with Gasteiger partial charge in [0.25, 0.3) is 0 Å². The first kappa shape index (κ1) is 16.7. The molecule has 0 fully saturated rings. The van der Waals surface area contributed by atoms with Gasteiger partial charge in [-0.3, -0.25) is 0 Å². The molecule has 0 aromatic heterocycles. The van der Waals surface area contributed by atoms with Crippen LogP contribution in [0.15, 0.2) is 28.7 Å². The Morgan fingerprint density at radius 2 is 1.74 bits per heavy atom. The molecule has 0 heterocycles. The van der Waals surface area contributed by atoms with Crippen molar-refractivity contribution in [2.75, 3.05) is 26.4 Å². The van der Waals surface area contributed by atoms with Gasteiger partial charge < -0.3 is 4.90 Å². The number of halogens is 1. The summed E-state index contributed by atoms with van der Waals surface area (Å²) in [5.74, 6) is 0. The van der Waals surface area contributed by atoms with Crippen LogP contribution in [0.25, 0.3) is 0 Å². The molecule has 3 nitrogen and oxygen atoms in total. The SMILES string of the molecule is CN(CCc1ccc(Br)cc1)CC(C)(C)S(C)(=O)=O. The summed E-state index contributed by atoms with van der Waals surface area (Å²) < 4.78 is 23.7. The quantitative estimate of drug-likeness (QED) is 0.793. The summed E-state index contributed by atoms with van der Waals surface area (Å²) in [5, 5.41) is 0. The average molecular weight is 348 g/mol. The second-order valence-corrected chi connectivity index (χ2v) is 9.21. The second-order valence-electron chi connectivity index (χ2n) is 5.65. The summed E-state index contributed by atoms with van der Waals surface area (Å²) in [4.78, 5) is 2.07. The monoisotopic (exact) mass is 347 g/mol. The molecule has 0 unspecified atom stereocenters. The number of likely N-dealkylation sites (N-methyl/N-ethyl adjacent to an activating group) is 1. The van der Waals surface area contributed by atoms with Crippen molar-refractivity contribution in [2.45, 2.75) is 25.0 Å². The Morgan fingerprint density at radius 1 is 1.21 bits per heavy atom. The Bertz CT molecular complexity index is 509. The Hall–Kier alpha value is -0.390. The van der Waals surface area contributed by atoms with E-state index in [0.717, 1.165) is 17.4 Å². The highest BCUT2D eigenvalue weighted by molar-refractivity contribution is 9.10. The molecule has 0 bridgehead atoms. The molecule has 0 aliphatic carbocycles. The van der Waals surface area contributed by atoms with E-state index in [1.165, 1.54) is 11.8 Å². The lowest BCUT2D eigenvalue weighted by Crippen LogP contribution is -2.43. The standard InChI is InChI=1S/C14H22BrNO2S/c1-14(2,19(4,17)18)11-16(3)10-9-12-5-7-13(15)8-6-12/h5-8H,9-11H2,1-4H3. The van der Waals surface area contributed by atoms with Crippen molar-refractivity contribution in [1.82, 2.24) is 4.90 Å². The number of sulfone groups is 1.